The van der Waals surface area contributed by atoms with E-state index < -0.39 is 14.4 Å². The van der Waals surface area contributed by atoms with Crippen molar-refractivity contribution >= 4 is 30.5 Å². The number of hydrogen-bond donors (Lipinski definition) is 2. The lowest BCUT2D eigenvalue weighted by atomic mass is 10.1. The number of hydrogen-bond acceptors (Lipinski definition) is 4. The molecule has 146 valence electrons. The Bertz CT molecular complexity index is 678. The molecule has 5 heteroatoms. The third-order valence-corrected chi connectivity index (χ3v) is 11.9. The smallest absolute Gasteiger partial charge is 0.261 e. The van der Waals surface area contributed by atoms with Crippen molar-refractivity contribution in [2.24, 2.45) is 0 Å². The van der Waals surface area contributed by atoms with E-state index in [2.05, 4.69) is 69.3 Å². The molecule has 0 unspecified atom stereocenters. The minimum absolute atomic E-state index is 0.0400. The van der Waals surface area contributed by atoms with Crippen LogP contribution in [0.2, 0.25) is 5.04 Å². The van der Waals surface area contributed by atoms with E-state index in [-0.39, 0.29) is 23.0 Å². The van der Waals surface area contributed by atoms with E-state index in [1.807, 2.05) is 12.1 Å². The Morgan fingerprint density at radius 3 is 1.96 bits per heavy atom. The fraction of sp³-hybridized carbons (Fsp3) is 0.455. The predicted molar refractivity (Wildman–Crippen MR) is 116 cm³/mol. The minimum Gasteiger partial charge on any atom is -0.401 e. The largest absolute Gasteiger partial charge is 0.401 e. The van der Waals surface area contributed by atoms with E-state index in [9.17, 15) is 10.2 Å². The molecule has 1 aliphatic heterocycles. The van der Waals surface area contributed by atoms with Crippen LogP contribution in [0.25, 0.3) is 0 Å². The maximum atomic E-state index is 10.9. The summed E-state index contributed by atoms with van der Waals surface area (Å²) in [7, 11) is -2.64. The molecular formula is C22H30O3SSi. The van der Waals surface area contributed by atoms with Crippen LogP contribution in [0.15, 0.2) is 60.7 Å². The van der Waals surface area contributed by atoms with Crippen molar-refractivity contribution in [1.82, 2.24) is 0 Å². The fourth-order valence-electron chi connectivity index (χ4n) is 4.06. The molecular weight excluding hydrogens is 372 g/mol. The highest BCUT2D eigenvalue weighted by Crippen LogP contribution is 2.41. The van der Waals surface area contributed by atoms with Crippen LogP contribution >= 0.6 is 11.8 Å². The van der Waals surface area contributed by atoms with E-state index in [1.54, 1.807) is 11.8 Å². The average molecular weight is 403 g/mol. The van der Waals surface area contributed by atoms with Gasteiger partial charge in [-0.1, -0.05) is 81.4 Å². The predicted octanol–water partition coefficient (Wildman–Crippen LogP) is 2.79. The van der Waals surface area contributed by atoms with Gasteiger partial charge in [0.1, 0.15) is 0 Å². The van der Waals surface area contributed by atoms with Crippen molar-refractivity contribution in [3.05, 3.63) is 60.7 Å². The molecule has 1 heterocycles. The van der Waals surface area contributed by atoms with Gasteiger partial charge in [0, 0.05) is 17.6 Å². The second-order valence-electron chi connectivity index (χ2n) is 8.19. The first-order valence-electron chi connectivity index (χ1n) is 9.59. The second-order valence-corrected chi connectivity index (χ2v) is 13.7. The van der Waals surface area contributed by atoms with E-state index in [4.69, 9.17) is 4.43 Å². The SMILES string of the molecule is CC(C)(C)[Si](O[C@@H]1CS[C@H](CCO)[C@@H]1O)(c1ccccc1)c1ccccc1. The molecule has 1 fully saturated rings. The molecule has 0 bridgehead atoms. The maximum absolute atomic E-state index is 10.9. The Hall–Kier alpha value is -1.11. The van der Waals surface area contributed by atoms with Gasteiger partial charge in [0.2, 0.25) is 0 Å². The van der Waals surface area contributed by atoms with Gasteiger partial charge in [0.05, 0.1) is 12.2 Å². The molecule has 0 saturated carbocycles. The van der Waals surface area contributed by atoms with Crippen molar-refractivity contribution in [1.29, 1.82) is 0 Å². The fourth-order valence-corrected chi connectivity index (χ4v) is 10.2. The maximum Gasteiger partial charge on any atom is 0.261 e. The topological polar surface area (TPSA) is 49.7 Å². The Morgan fingerprint density at radius 1 is 1.00 bits per heavy atom. The van der Waals surface area contributed by atoms with Gasteiger partial charge in [0.15, 0.2) is 0 Å². The lowest BCUT2D eigenvalue weighted by molar-refractivity contribution is 0.0475. The van der Waals surface area contributed by atoms with Gasteiger partial charge in [-0.2, -0.15) is 11.8 Å². The standard InChI is InChI=1S/C22H30O3SSi/c1-22(2,3)27(17-10-6-4-7-11-17,18-12-8-5-9-13-18)25-19-16-26-20(14-15-23)21(19)24/h4-13,19-21,23-24H,14-16H2,1-3H3/t19-,20-,21-/m1/s1. The number of thioether (sulfide) groups is 1. The molecule has 27 heavy (non-hydrogen) atoms. The van der Waals surface area contributed by atoms with Crippen molar-refractivity contribution in [2.75, 3.05) is 12.4 Å². The lowest BCUT2D eigenvalue weighted by Gasteiger charge is -2.45. The van der Waals surface area contributed by atoms with Gasteiger partial charge in [-0.15, -0.1) is 0 Å². The summed E-state index contributed by atoms with van der Waals surface area (Å²) in [5.41, 5.74) is 0. The third-order valence-electron chi connectivity index (χ3n) is 5.39. The minimum atomic E-state index is -2.64. The van der Waals surface area contributed by atoms with Gasteiger partial charge in [-0.25, -0.2) is 0 Å². The molecule has 3 rings (SSSR count). The summed E-state index contributed by atoms with van der Waals surface area (Å²) < 4.78 is 7.01. The molecule has 2 N–H and O–H groups in total. The van der Waals surface area contributed by atoms with Crippen LogP contribution in [-0.4, -0.2) is 48.3 Å². The lowest BCUT2D eigenvalue weighted by Crippen LogP contribution is -2.68. The first-order valence-corrected chi connectivity index (χ1v) is 12.6. The van der Waals surface area contributed by atoms with Gasteiger partial charge in [0.25, 0.3) is 8.32 Å². The van der Waals surface area contributed by atoms with Crippen LogP contribution in [0.4, 0.5) is 0 Å². The first kappa shape index (κ1) is 20.6. The molecule has 1 saturated heterocycles. The van der Waals surface area contributed by atoms with E-state index >= 15 is 0 Å². The van der Waals surface area contributed by atoms with E-state index in [1.165, 1.54) is 10.4 Å². The summed E-state index contributed by atoms with van der Waals surface area (Å²) in [6.45, 7) is 6.84. The highest BCUT2D eigenvalue weighted by molar-refractivity contribution is 8.00. The zero-order valence-electron chi connectivity index (χ0n) is 16.3. The van der Waals surface area contributed by atoms with Crippen LogP contribution < -0.4 is 10.4 Å². The third kappa shape index (κ3) is 4.03. The van der Waals surface area contributed by atoms with Crippen molar-refractivity contribution < 1.29 is 14.6 Å². The van der Waals surface area contributed by atoms with Gasteiger partial charge < -0.3 is 14.6 Å². The van der Waals surface area contributed by atoms with Crippen molar-refractivity contribution in [3.63, 3.8) is 0 Å². The molecule has 2 aromatic rings. The monoisotopic (exact) mass is 402 g/mol. The van der Waals surface area contributed by atoms with Crippen LogP contribution in [-0.2, 0) is 4.43 Å². The molecule has 1 aliphatic rings. The quantitative estimate of drug-likeness (QED) is 0.730. The number of benzene rings is 2. The van der Waals surface area contributed by atoms with E-state index in [0.717, 1.165) is 5.75 Å². The average Bonchev–Trinajstić information content (AvgIpc) is 3.00. The molecule has 0 aromatic heterocycles. The Morgan fingerprint density at radius 2 is 1.52 bits per heavy atom. The number of aliphatic hydroxyl groups is 2. The number of rotatable bonds is 6. The summed E-state index contributed by atoms with van der Waals surface area (Å²) in [6.07, 6.45) is -0.173. The van der Waals surface area contributed by atoms with Crippen molar-refractivity contribution in [2.45, 2.75) is 49.7 Å². The van der Waals surface area contributed by atoms with Gasteiger partial charge >= 0.3 is 0 Å². The van der Waals surface area contributed by atoms with Crippen LogP contribution in [0.1, 0.15) is 27.2 Å². The highest BCUT2D eigenvalue weighted by Gasteiger charge is 2.53. The summed E-state index contributed by atoms with van der Waals surface area (Å²) in [6, 6.07) is 21.0. The molecule has 3 nitrogen and oxygen atoms in total. The van der Waals surface area contributed by atoms with Crippen LogP contribution in [0.5, 0.6) is 0 Å². The van der Waals surface area contributed by atoms with Gasteiger partial charge in [-0.05, 0) is 21.8 Å². The number of aliphatic hydroxyl groups excluding tert-OH is 2. The summed E-state index contributed by atoms with van der Waals surface area (Å²) >= 11 is 1.71. The summed E-state index contributed by atoms with van der Waals surface area (Å²) in [5.74, 6) is 0.760. The van der Waals surface area contributed by atoms with Crippen LogP contribution in [0, 0.1) is 0 Å². The summed E-state index contributed by atoms with van der Waals surface area (Å²) in [4.78, 5) is 0. The molecule has 0 spiro atoms. The molecule has 2 aromatic carbocycles. The Labute approximate surface area is 167 Å². The highest BCUT2D eigenvalue weighted by atomic mass is 32.2. The molecule has 3 atom stereocenters. The molecule has 0 radical (unpaired) electrons. The first-order chi connectivity index (χ1) is 12.9. The normalized spacial score (nSPS) is 23.5. The van der Waals surface area contributed by atoms with E-state index in [0.29, 0.717) is 6.42 Å². The summed E-state index contributed by atoms with van der Waals surface area (Å²) in [5, 5.41) is 22.6. The van der Waals surface area contributed by atoms with Crippen LogP contribution in [0.3, 0.4) is 0 Å². The Balaban J connectivity index is 2.08. The van der Waals surface area contributed by atoms with Crippen molar-refractivity contribution in [3.8, 4) is 0 Å². The second kappa shape index (κ2) is 8.49. The molecule has 0 aliphatic carbocycles. The molecule has 0 amide bonds. The zero-order valence-corrected chi connectivity index (χ0v) is 18.2. The zero-order chi connectivity index (χ0) is 19.5. The van der Waals surface area contributed by atoms with Gasteiger partial charge in [-0.3, -0.25) is 0 Å². The Kier molecular flexibility index (Phi) is 6.49.